The van der Waals surface area contributed by atoms with Crippen LogP contribution in [0.5, 0.6) is 5.75 Å². The second kappa shape index (κ2) is 4.53. The van der Waals surface area contributed by atoms with Gasteiger partial charge >= 0.3 is 0 Å². The number of hydrogen-bond donors (Lipinski definition) is 0. The first-order valence-corrected chi connectivity index (χ1v) is 6.80. The average Bonchev–Trinajstić information content (AvgIpc) is 2.30. The van der Waals surface area contributed by atoms with E-state index in [1.807, 2.05) is 0 Å². The molecule has 0 heterocycles. The zero-order valence-electron chi connectivity index (χ0n) is 10.6. The molecule has 0 saturated heterocycles. The van der Waals surface area contributed by atoms with Crippen molar-refractivity contribution in [1.82, 2.24) is 0 Å². The summed E-state index contributed by atoms with van der Waals surface area (Å²) in [5.41, 5.74) is 0.758. The van der Waals surface area contributed by atoms with Crippen LogP contribution >= 0.6 is 15.9 Å². The SMILES string of the molecule is Cc1c(OC2CC(Br)C2(C)C)cccc1[N+](=O)[O-]. The second-order valence-corrected chi connectivity index (χ2v) is 6.39. The van der Waals surface area contributed by atoms with Gasteiger partial charge in [0.25, 0.3) is 5.69 Å². The van der Waals surface area contributed by atoms with E-state index >= 15 is 0 Å². The fourth-order valence-corrected chi connectivity index (χ4v) is 2.75. The van der Waals surface area contributed by atoms with Crippen LogP contribution < -0.4 is 4.74 Å². The quantitative estimate of drug-likeness (QED) is 0.484. The maximum absolute atomic E-state index is 10.9. The van der Waals surface area contributed by atoms with Crippen LogP contribution in [0.3, 0.4) is 0 Å². The van der Waals surface area contributed by atoms with Crippen LogP contribution in [0, 0.1) is 22.5 Å². The number of benzene rings is 1. The standard InChI is InChI=1S/C13H16BrNO3/c1-8-9(15(16)17)5-4-6-10(8)18-12-7-11(14)13(12,2)3/h4-6,11-12H,7H2,1-3H3. The molecular formula is C13H16BrNO3. The molecule has 0 radical (unpaired) electrons. The van der Waals surface area contributed by atoms with Crippen molar-refractivity contribution in [2.45, 2.75) is 38.1 Å². The Morgan fingerprint density at radius 2 is 2.17 bits per heavy atom. The first-order chi connectivity index (χ1) is 8.34. The van der Waals surface area contributed by atoms with Gasteiger partial charge in [0.2, 0.25) is 0 Å². The molecule has 2 rings (SSSR count). The third-order valence-corrected chi connectivity index (χ3v) is 5.33. The Labute approximate surface area is 115 Å². The minimum Gasteiger partial charge on any atom is -0.489 e. The van der Waals surface area contributed by atoms with E-state index in [0.717, 1.165) is 6.42 Å². The van der Waals surface area contributed by atoms with E-state index < -0.39 is 0 Å². The minimum atomic E-state index is -0.374. The summed E-state index contributed by atoms with van der Waals surface area (Å²) in [7, 11) is 0. The highest BCUT2D eigenvalue weighted by atomic mass is 79.9. The largest absolute Gasteiger partial charge is 0.489 e. The molecule has 5 heteroatoms. The maximum Gasteiger partial charge on any atom is 0.276 e. The van der Waals surface area contributed by atoms with Crippen LogP contribution in [0.15, 0.2) is 18.2 Å². The van der Waals surface area contributed by atoms with Crippen LogP contribution in [-0.2, 0) is 0 Å². The molecule has 18 heavy (non-hydrogen) atoms. The van der Waals surface area contributed by atoms with Crippen LogP contribution in [0.1, 0.15) is 25.8 Å². The molecule has 0 aliphatic heterocycles. The summed E-state index contributed by atoms with van der Waals surface area (Å²) in [6.45, 7) is 5.99. The van der Waals surface area contributed by atoms with Gasteiger partial charge in [-0.1, -0.05) is 35.8 Å². The smallest absolute Gasteiger partial charge is 0.276 e. The normalized spacial score (nSPS) is 25.3. The van der Waals surface area contributed by atoms with Gasteiger partial charge in [-0.2, -0.15) is 0 Å². The van der Waals surface area contributed by atoms with Crippen LogP contribution in [-0.4, -0.2) is 15.9 Å². The van der Waals surface area contributed by atoms with E-state index in [-0.39, 0.29) is 22.1 Å². The lowest BCUT2D eigenvalue weighted by Gasteiger charge is -2.48. The first kappa shape index (κ1) is 13.3. The summed E-state index contributed by atoms with van der Waals surface area (Å²) in [5, 5.41) is 10.9. The number of halogens is 1. The van der Waals surface area contributed by atoms with Gasteiger partial charge in [0.05, 0.1) is 10.5 Å². The van der Waals surface area contributed by atoms with E-state index in [0.29, 0.717) is 16.1 Å². The number of nitro groups is 1. The Hall–Kier alpha value is -1.10. The molecule has 0 spiro atoms. The lowest BCUT2D eigenvalue weighted by Crippen LogP contribution is -2.53. The van der Waals surface area contributed by atoms with Crippen molar-refractivity contribution < 1.29 is 9.66 Å². The highest BCUT2D eigenvalue weighted by Crippen LogP contribution is 2.48. The summed E-state index contributed by atoms with van der Waals surface area (Å²) in [4.78, 5) is 10.9. The Morgan fingerprint density at radius 3 is 2.67 bits per heavy atom. The van der Waals surface area contributed by atoms with Gasteiger partial charge in [-0.05, 0) is 19.4 Å². The van der Waals surface area contributed by atoms with Crippen LogP contribution in [0.4, 0.5) is 5.69 Å². The lowest BCUT2D eigenvalue weighted by atomic mass is 9.69. The number of hydrogen-bond acceptors (Lipinski definition) is 3. The molecule has 1 aromatic carbocycles. The number of nitro benzene ring substituents is 1. The molecule has 1 saturated carbocycles. The summed E-state index contributed by atoms with van der Waals surface area (Å²) in [6, 6.07) is 4.96. The molecule has 1 fully saturated rings. The third-order valence-electron chi connectivity index (χ3n) is 3.78. The number of ether oxygens (including phenoxy) is 1. The number of alkyl halides is 1. The van der Waals surface area contributed by atoms with Gasteiger partial charge in [-0.15, -0.1) is 0 Å². The fraction of sp³-hybridized carbons (Fsp3) is 0.538. The monoisotopic (exact) mass is 313 g/mol. The third kappa shape index (κ3) is 2.11. The van der Waals surface area contributed by atoms with Crippen molar-refractivity contribution in [2.24, 2.45) is 5.41 Å². The molecule has 1 aromatic rings. The molecule has 0 bridgehead atoms. The van der Waals surface area contributed by atoms with Gasteiger partial charge in [-0.25, -0.2) is 0 Å². The van der Waals surface area contributed by atoms with E-state index in [2.05, 4.69) is 29.8 Å². The topological polar surface area (TPSA) is 52.4 Å². The Morgan fingerprint density at radius 1 is 1.50 bits per heavy atom. The zero-order chi connectivity index (χ0) is 13.5. The predicted octanol–water partition coefficient (Wildman–Crippen LogP) is 3.84. The van der Waals surface area contributed by atoms with Crippen molar-refractivity contribution in [1.29, 1.82) is 0 Å². The molecular weight excluding hydrogens is 298 g/mol. The molecule has 0 amide bonds. The molecule has 98 valence electrons. The molecule has 2 unspecified atom stereocenters. The first-order valence-electron chi connectivity index (χ1n) is 5.88. The maximum atomic E-state index is 10.9. The van der Waals surface area contributed by atoms with Crippen LogP contribution in [0.2, 0.25) is 0 Å². The summed E-state index contributed by atoms with van der Waals surface area (Å²) in [5.74, 6) is 0.613. The average molecular weight is 314 g/mol. The van der Waals surface area contributed by atoms with Gasteiger partial charge < -0.3 is 4.74 Å². The summed E-state index contributed by atoms with van der Waals surface area (Å²) < 4.78 is 5.92. The van der Waals surface area contributed by atoms with E-state index in [9.17, 15) is 10.1 Å². The van der Waals surface area contributed by atoms with Crippen molar-refractivity contribution in [3.05, 3.63) is 33.9 Å². The fourth-order valence-electron chi connectivity index (χ4n) is 2.12. The summed E-state index contributed by atoms with van der Waals surface area (Å²) in [6.07, 6.45) is 1.03. The zero-order valence-corrected chi connectivity index (χ0v) is 12.2. The molecule has 1 aliphatic rings. The highest BCUT2D eigenvalue weighted by Gasteiger charge is 2.48. The van der Waals surface area contributed by atoms with Crippen molar-refractivity contribution >= 4 is 21.6 Å². The molecule has 4 nitrogen and oxygen atoms in total. The second-order valence-electron chi connectivity index (χ2n) is 5.29. The number of nitrogens with zero attached hydrogens (tertiary/aromatic N) is 1. The molecule has 0 N–H and O–H groups in total. The highest BCUT2D eigenvalue weighted by molar-refractivity contribution is 9.09. The predicted molar refractivity (Wildman–Crippen MR) is 73.4 cm³/mol. The molecule has 1 aliphatic carbocycles. The van der Waals surface area contributed by atoms with Crippen molar-refractivity contribution in [2.75, 3.05) is 0 Å². The van der Waals surface area contributed by atoms with Crippen LogP contribution in [0.25, 0.3) is 0 Å². The van der Waals surface area contributed by atoms with Gasteiger partial charge in [0.15, 0.2) is 0 Å². The Balaban J connectivity index is 2.21. The Kier molecular flexibility index (Phi) is 3.36. The van der Waals surface area contributed by atoms with Gasteiger partial charge in [0.1, 0.15) is 11.9 Å². The van der Waals surface area contributed by atoms with Gasteiger partial charge in [-0.3, -0.25) is 10.1 Å². The Bertz CT molecular complexity index is 487. The lowest BCUT2D eigenvalue weighted by molar-refractivity contribution is -0.385. The molecule has 2 atom stereocenters. The summed E-state index contributed by atoms with van der Waals surface area (Å²) >= 11 is 3.60. The van der Waals surface area contributed by atoms with E-state index in [1.54, 1.807) is 19.1 Å². The van der Waals surface area contributed by atoms with Crippen molar-refractivity contribution in [3.8, 4) is 5.75 Å². The van der Waals surface area contributed by atoms with E-state index in [1.165, 1.54) is 6.07 Å². The van der Waals surface area contributed by atoms with Gasteiger partial charge in [0, 0.05) is 16.3 Å². The molecule has 0 aromatic heterocycles. The minimum absolute atomic E-state index is 0.0526. The van der Waals surface area contributed by atoms with Crippen molar-refractivity contribution in [3.63, 3.8) is 0 Å². The van der Waals surface area contributed by atoms with E-state index in [4.69, 9.17) is 4.74 Å². The number of rotatable bonds is 3.